The Morgan fingerprint density at radius 3 is 1.93 bits per heavy atom. The summed E-state index contributed by atoms with van der Waals surface area (Å²) in [7, 11) is 0. The Morgan fingerprint density at radius 1 is 0.700 bits per heavy atom. The molecule has 0 saturated carbocycles. The van der Waals surface area contributed by atoms with E-state index in [-0.39, 0.29) is 11.6 Å². The van der Waals surface area contributed by atoms with Gasteiger partial charge in [0.1, 0.15) is 0 Å². The van der Waals surface area contributed by atoms with Gasteiger partial charge in [0.25, 0.3) is 0 Å². The Bertz CT molecular complexity index is 1070. The van der Waals surface area contributed by atoms with Gasteiger partial charge in [-0.3, -0.25) is 0 Å². The molecule has 0 fully saturated rings. The van der Waals surface area contributed by atoms with Crippen LogP contribution < -0.4 is 5.32 Å². The standard InChI is InChI=1S/C22H15F6NS/c1-12(14-8-15(21(23,24)25)11-16(9-14)22(26,27)28)13-6-7-20-18(10-13)29-17-4-2-3-5-19(17)30-20/h2-12,29H,1H3. The van der Waals surface area contributed by atoms with E-state index in [0.717, 1.165) is 33.3 Å². The van der Waals surface area contributed by atoms with Crippen molar-refractivity contribution in [2.24, 2.45) is 0 Å². The van der Waals surface area contributed by atoms with Crippen LogP contribution in [-0.2, 0) is 12.4 Å². The van der Waals surface area contributed by atoms with E-state index in [4.69, 9.17) is 0 Å². The van der Waals surface area contributed by atoms with Gasteiger partial charge in [0.15, 0.2) is 0 Å². The van der Waals surface area contributed by atoms with Gasteiger partial charge in [0.2, 0.25) is 0 Å². The van der Waals surface area contributed by atoms with E-state index in [1.807, 2.05) is 30.3 Å². The minimum atomic E-state index is -4.87. The Kier molecular flexibility index (Phi) is 5.00. The SMILES string of the molecule is CC(c1cc(C(F)(F)F)cc(C(F)(F)F)c1)c1ccc2c(c1)Nc1ccccc1S2. The highest BCUT2D eigenvalue weighted by Gasteiger charge is 2.37. The van der Waals surface area contributed by atoms with E-state index in [9.17, 15) is 26.3 Å². The molecule has 8 heteroatoms. The number of alkyl halides is 6. The Labute approximate surface area is 173 Å². The molecule has 0 radical (unpaired) electrons. The predicted molar refractivity (Wildman–Crippen MR) is 104 cm³/mol. The molecule has 1 aliphatic heterocycles. The lowest BCUT2D eigenvalue weighted by molar-refractivity contribution is -0.143. The molecule has 0 spiro atoms. The zero-order valence-corrected chi connectivity index (χ0v) is 16.3. The van der Waals surface area contributed by atoms with Crippen molar-refractivity contribution in [3.63, 3.8) is 0 Å². The van der Waals surface area contributed by atoms with Gasteiger partial charge in [-0.05, 0) is 53.6 Å². The molecule has 1 nitrogen and oxygen atoms in total. The van der Waals surface area contributed by atoms with Crippen LogP contribution in [0.3, 0.4) is 0 Å². The molecular weight excluding hydrogens is 424 g/mol. The predicted octanol–water partition coefficient (Wildman–Crippen LogP) is 8.08. The van der Waals surface area contributed by atoms with Crippen LogP contribution in [0.1, 0.15) is 35.1 Å². The van der Waals surface area contributed by atoms with Crippen LogP contribution >= 0.6 is 11.8 Å². The van der Waals surface area contributed by atoms with Crippen LogP contribution in [0.2, 0.25) is 0 Å². The van der Waals surface area contributed by atoms with E-state index in [2.05, 4.69) is 5.32 Å². The summed E-state index contributed by atoms with van der Waals surface area (Å²) in [5, 5.41) is 3.28. The van der Waals surface area contributed by atoms with Crippen molar-refractivity contribution >= 4 is 23.1 Å². The fourth-order valence-corrected chi connectivity index (χ4v) is 4.32. The molecule has 3 aromatic rings. The number of para-hydroxylation sites is 1. The van der Waals surface area contributed by atoms with Gasteiger partial charge in [0, 0.05) is 15.7 Å². The first kappa shape index (κ1) is 20.7. The third-order valence-electron chi connectivity index (χ3n) is 4.99. The lowest BCUT2D eigenvalue weighted by Gasteiger charge is -2.23. The normalized spacial score (nSPS) is 14.5. The van der Waals surface area contributed by atoms with E-state index in [1.165, 1.54) is 0 Å². The second-order valence-electron chi connectivity index (χ2n) is 7.04. The lowest BCUT2D eigenvalue weighted by atomic mass is 9.90. The average molecular weight is 439 g/mol. The second kappa shape index (κ2) is 7.27. The molecule has 30 heavy (non-hydrogen) atoms. The Morgan fingerprint density at radius 2 is 1.30 bits per heavy atom. The van der Waals surface area contributed by atoms with E-state index >= 15 is 0 Å². The van der Waals surface area contributed by atoms with Crippen LogP contribution in [0.4, 0.5) is 37.7 Å². The number of fused-ring (bicyclic) bond motifs is 2. The molecule has 1 aliphatic rings. The third kappa shape index (κ3) is 4.01. The molecule has 1 N–H and O–H groups in total. The molecule has 4 rings (SSSR count). The van der Waals surface area contributed by atoms with E-state index in [0.29, 0.717) is 5.56 Å². The van der Waals surface area contributed by atoms with Crippen LogP contribution in [0.5, 0.6) is 0 Å². The summed E-state index contributed by atoms with van der Waals surface area (Å²) in [6.45, 7) is 1.60. The fourth-order valence-electron chi connectivity index (χ4n) is 3.35. The van der Waals surface area contributed by atoms with Crippen LogP contribution in [0.25, 0.3) is 0 Å². The highest BCUT2D eigenvalue weighted by molar-refractivity contribution is 7.99. The van der Waals surface area contributed by atoms with Crippen molar-refractivity contribution in [3.05, 3.63) is 82.9 Å². The molecular formula is C22H15F6NS. The first-order valence-corrected chi connectivity index (χ1v) is 9.81. The molecule has 0 saturated heterocycles. The Hall–Kier alpha value is -2.61. The number of rotatable bonds is 2. The summed E-state index contributed by atoms with van der Waals surface area (Å²) >= 11 is 1.55. The molecule has 0 aromatic heterocycles. The van der Waals surface area contributed by atoms with E-state index < -0.39 is 29.4 Å². The monoisotopic (exact) mass is 439 g/mol. The van der Waals surface area contributed by atoms with Gasteiger partial charge in [-0.15, -0.1) is 0 Å². The summed E-state index contributed by atoms with van der Waals surface area (Å²) in [4.78, 5) is 1.98. The van der Waals surface area contributed by atoms with Crippen LogP contribution in [0.15, 0.2) is 70.5 Å². The maximum absolute atomic E-state index is 13.2. The maximum Gasteiger partial charge on any atom is 0.416 e. The fraction of sp³-hybridized carbons (Fsp3) is 0.182. The highest BCUT2D eigenvalue weighted by atomic mass is 32.2. The molecule has 3 aromatic carbocycles. The van der Waals surface area contributed by atoms with Crippen molar-refractivity contribution in [2.75, 3.05) is 5.32 Å². The molecule has 0 aliphatic carbocycles. The molecule has 1 unspecified atom stereocenters. The van der Waals surface area contributed by atoms with Gasteiger partial charge < -0.3 is 5.32 Å². The topological polar surface area (TPSA) is 12.0 Å². The first-order valence-electron chi connectivity index (χ1n) is 8.99. The van der Waals surface area contributed by atoms with Gasteiger partial charge in [-0.2, -0.15) is 26.3 Å². The van der Waals surface area contributed by atoms with Crippen molar-refractivity contribution in [2.45, 2.75) is 35.0 Å². The minimum Gasteiger partial charge on any atom is -0.354 e. The van der Waals surface area contributed by atoms with E-state index in [1.54, 1.807) is 30.8 Å². The number of benzene rings is 3. The van der Waals surface area contributed by atoms with Crippen LogP contribution in [0, 0.1) is 0 Å². The maximum atomic E-state index is 13.2. The highest BCUT2D eigenvalue weighted by Crippen LogP contribution is 2.45. The number of hydrogen-bond acceptors (Lipinski definition) is 2. The minimum absolute atomic E-state index is 0.0408. The molecule has 0 bridgehead atoms. The molecule has 156 valence electrons. The number of halogens is 6. The third-order valence-corrected chi connectivity index (χ3v) is 6.14. The van der Waals surface area contributed by atoms with Crippen molar-refractivity contribution in [1.29, 1.82) is 0 Å². The van der Waals surface area contributed by atoms with Gasteiger partial charge >= 0.3 is 12.4 Å². The number of nitrogens with one attached hydrogen (secondary N) is 1. The second-order valence-corrected chi connectivity index (χ2v) is 8.12. The summed E-state index contributed by atoms with van der Waals surface area (Å²) < 4.78 is 79.1. The average Bonchev–Trinajstić information content (AvgIpc) is 2.69. The van der Waals surface area contributed by atoms with Crippen molar-refractivity contribution in [1.82, 2.24) is 0 Å². The zero-order valence-electron chi connectivity index (χ0n) is 15.5. The van der Waals surface area contributed by atoms with Crippen molar-refractivity contribution in [3.8, 4) is 0 Å². The number of anilines is 2. The largest absolute Gasteiger partial charge is 0.416 e. The zero-order chi connectivity index (χ0) is 21.7. The molecule has 0 amide bonds. The smallest absolute Gasteiger partial charge is 0.354 e. The van der Waals surface area contributed by atoms with Gasteiger partial charge in [0.05, 0.1) is 22.5 Å². The van der Waals surface area contributed by atoms with Gasteiger partial charge in [-0.25, -0.2) is 0 Å². The number of hydrogen-bond donors (Lipinski definition) is 1. The lowest BCUT2D eigenvalue weighted by Crippen LogP contribution is -2.13. The molecule has 1 atom stereocenters. The Balaban J connectivity index is 1.73. The summed E-state index contributed by atoms with van der Waals surface area (Å²) in [5.74, 6) is -0.664. The summed E-state index contributed by atoms with van der Waals surface area (Å²) in [6.07, 6.45) is -9.74. The van der Waals surface area contributed by atoms with Crippen LogP contribution in [-0.4, -0.2) is 0 Å². The quantitative estimate of drug-likeness (QED) is 0.317. The molecule has 1 heterocycles. The summed E-state index contributed by atoms with van der Waals surface area (Å²) in [6, 6.07) is 14.7. The first-order chi connectivity index (χ1) is 14.0. The van der Waals surface area contributed by atoms with Gasteiger partial charge in [-0.1, -0.05) is 36.9 Å². The van der Waals surface area contributed by atoms with Crippen molar-refractivity contribution < 1.29 is 26.3 Å². The summed E-state index contributed by atoms with van der Waals surface area (Å²) in [5.41, 5.74) is -0.363.